The van der Waals surface area contributed by atoms with Crippen molar-refractivity contribution in [2.75, 3.05) is 0 Å². The number of hydrogen-bond donors (Lipinski definition) is 3. The van der Waals surface area contributed by atoms with Crippen molar-refractivity contribution < 1.29 is 19.5 Å². The van der Waals surface area contributed by atoms with Gasteiger partial charge in [-0.3, -0.25) is 9.59 Å². The van der Waals surface area contributed by atoms with Gasteiger partial charge in [-0.05, 0) is 19.1 Å². The summed E-state index contributed by atoms with van der Waals surface area (Å²) in [6, 6.07) is 3.43. The van der Waals surface area contributed by atoms with Gasteiger partial charge in [-0.1, -0.05) is 6.07 Å². The minimum Gasteiger partial charge on any atom is -0.480 e. The van der Waals surface area contributed by atoms with Gasteiger partial charge in [0.1, 0.15) is 11.7 Å². The molecule has 0 radical (unpaired) electrons. The SMILES string of the molecule is Cc1cccc(C(=O)N[C@@H](CC(N)=O)C(=O)O)n1. The minimum atomic E-state index is -1.35. The van der Waals surface area contributed by atoms with Gasteiger partial charge in [0, 0.05) is 5.69 Å². The third kappa shape index (κ3) is 3.85. The number of carboxylic acid groups (broad SMARTS) is 1. The van der Waals surface area contributed by atoms with Crippen molar-refractivity contribution in [3.8, 4) is 0 Å². The summed E-state index contributed by atoms with van der Waals surface area (Å²) in [6.45, 7) is 1.70. The fraction of sp³-hybridized carbons (Fsp3) is 0.273. The number of nitrogens with zero attached hydrogens (tertiary/aromatic N) is 1. The molecule has 1 heterocycles. The molecule has 1 aromatic rings. The second-order valence-corrected chi connectivity index (χ2v) is 3.70. The molecule has 0 unspecified atom stereocenters. The number of aryl methyl sites for hydroxylation is 1. The van der Waals surface area contributed by atoms with Crippen LogP contribution in [0.4, 0.5) is 0 Å². The van der Waals surface area contributed by atoms with Gasteiger partial charge in [-0.25, -0.2) is 9.78 Å². The monoisotopic (exact) mass is 251 g/mol. The Labute approximate surface area is 103 Å². The molecule has 1 rings (SSSR count). The second kappa shape index (κ2) is 5.76. The summed E-state index contributed by atoms with van der Waals surface area (Å²) < 4.78 is 0. The van der Waals surface area contributed by atoms with Gasteiger partial charge in [-0.15, -0.1) is 0 Å². The number of nitrogens with two attached hydrogens (primary N) is 1. The van der Waals surface area contributed by atoms with E-state index in [9.17, 15) is 14.4 Å². The number of rotatable bonds is 5. The van der Waals surface area contributed by atoms with Crippen LogP contribution >= 0.6 is 0 Å². The van der Waals surface area contributed by atoms with Crippen LogP contribution in [0.5, 0.6) is 0 Å². The maximum atomic E-state index is 11.7. The molecular weight excluding hydrogens is 238 g/mol. The first-order chi connectivity index (χ1) is 8.40. The summed E-state index contributed by atoms with van der Waals surface area (Å²) >= 11 is 0. The Kier molecular flexibility index (Phi) is 4.36. The number of aromatic nitrogens is 1. The van der Waals surface area contributed by atoms with E-state index in [0.717, 1.165) is 0 Å². The van der Waals surface area contributed by atoms with E-state index >= 15 is 0 Å². The van der Waals surface area contributed by atoms with E-state index in [-0.39, 0.29) is 5.69 Å². The van der Waals surface area contributed by atoms with Gasteiger partial charge in [0.25, 0.3) is 5.91 Å². The van der Waals surface area contributed by atoms with Gasteiger partial charge in [0.05, 0.1) is 6.42 Å². The lowest BCUT2D eigenvalue weighted by molar-refractivity contribution is -0.140. The molecule has 0 aromatic carbocycles. The summed E-state index contributed by atoms with van der Waals surface area (Å²) in [5.41, 5.74) is 5.62. The number of pyridine rings is 1. The van der Waals surface area contributed by atoms with Gasteiger partial charge in [-0.2, -0.15) is 0 Å². The number of hydrogen-bond acceptors (Lipinski definition) is 4. The van der Waals surface area contributed by atoms with Crippen molar-refractivity contribution >= 4 is 17.8 Å². The van der Waals surface area contributed by atoms with E-state index in [0.29, 0.717) is 5.69 Å². The van der Waals surface area contributed by atoms with Crippen molar-refractivity contribution in [3.63, 3.8) is 0 Å². The van der Waals surface area contributed by atoms with Crippen LogP contribution < -0.4 is 11.1 Å². The Hall–Kier alpha value is -2.44. The maximum Gasteiger partial charge on any atom is 0.326 e. The molecule has 7 nitrogen and oxygen atoms in total. The molecule has 1 aromatic heterocycles. The second-order valence-electron chi connectivity index (χ2n) is 3.70. The third-order valence-electron chi connectivity index (χ3n) is 2.13. The minimum absolute atomic E-state index is 0.0886. The average molecular weight is 251 g/mol. The highest BCUT2D eigenvalue weighted by atomic mass is 16.4. The number of carbonyl (C=O) groups is 3. The van der Waals surface area contributed by atoms with Crippen LogP contribution in [-0.2, 0) is 9.59 Å². The number of aliphatic carboxylic acids is 1. The number of primary amides is 1. The van der Waals surface area contributed by atoms with Crippen LogP contribution in [-0.4, -0.2) is 33.9 Å². The quantitative estimate of drug-likeness (QED) is 0.648. The molecule has 4 N–H and O–H groups in total. The van der Waals surface area contributed by atoms with Gasteiger partial charge in [0.15, 0.2) is 0 Å². The van der Waals surface area contributed by atoms with Crippen molar-refractivity contribution in [3.05, 3.63) is 29.6 Å². The van der Waals surface area contributed by atoms with E-state index in [4.69, 9.17) is 10.8 Å². The highest BCUT2D eigenvalue weighted by Crippen LogP contribution is 2.00. The predicted octanol–water partition coefficient (Wildman–Crippen LogP) is -0.552. The Balaban J connectivity index is 2.78. The Bertz CT molecular complexity index is 487. The predicted molar refractivity (Wildman–Crippen MR) is 61.7 cm³/mol. The molecule has 0 bridgehead atoms. The zero-order valence-corrected chi connectivity index (χ0v) is 9.71. The molecular formula is C11H13N3O4. The lowest BCUT2D eigenvalue weighted by atomic mass is 10.2. The molecule has 18 heavy (non-hydrogen) atoms. The van der Waals surface area contributed by atoms with Crippen molar-refractivity contribution in [2.24, 2.45) is 5.73 Å². The van der Waals surface area contributed by atoms with E-state index in [2.05, 4.69) is 10.3 Å². The average Bonchev–Trinajstić information content (AvgIpc) is 2.27. The van der Waals surface area contributed by atoms with Crippen molar-refractivity contribution in [2.45, 2.75) is 19.4 Å². The summed E-state index contributed by atoms with van der Waals surface area (Å²) in [7, 11) is 0. The Morgan fingerprint density at radius 1 is 1.44 bits per heavy atom. The molecule has 0 aliphatic rings. The smallest absolute Gasteiger partial charge is 0.326 e. The molecule has 96 valence electrons. The molecule has 0 saturated heterocycles. The first-order valence-electron chi connectivity index (χ1n) is 5.16. The molecule has 0 spiro atoms. The van der Waals surface area contributed by atoms with Crippen LogP contribution in [0.15, 0.2) is 18.2 Å². The van der Waals surface area contributed by atoms with E-state index in [1.54, 1.807) is 19.1 Å². The van der Waals surface area contributed by atoms with Gasteiger partial charge in [0.2, 0.25) is 5.91 Å². The maximum absolute atomic E-state index is 11.7. The van der Waals surface area contributed by atoms with Crippen LogP contribution in [0, 0.1) is 6.92 Å². The van der Waals surface area contributed by atoms with E-state index in [1.165, 1.54) is 6.07 Å². The number of amides is 2. The van der Waals surface area contributed by atoms with Gasteiger partial charge < -0.3 is 16.2 Å². The van der Waals surface area contributed by atoms with E-state index < -0.39 is 30.2 Å². The zero-order chi connectivity index (χ0) is 13.7. The summed E-state index contributed by atoms with van der Waals surface area (Å²) in [5.74, 6) is -2.79. The lowest BCUT2D eigenvalue weighted by Crippen LogP contribution is -2.43. The summed E-state index contributed by atoms with van der Waals surface area (Å²) in [5, 5.41) is 11.0. The highest BCUT2D eigenvalue weighted by Gasteiger charge is 2.23. The molecule has 1 atom stereocenters. The molecule has 0 aliphatic carbocycles. The molecule has 7 heteroatoms. The first kappa shape index (κ1) is 13.6. The van der Waals surface area contributed by atoms with Gasteiger partial charge >= 0.3 is 5.97 Å². The fourth-order valence-corrected chi connectivity index (χ4v) is 1.30. The zero-order valence-electron chi connectivity index (χ0n) is 9.71. The number of carbonyl (C=O) groups excluding carboxylic acids is 2. The standard InChI is InChI=1S/C11H13N3O4/c1-6-3-2-4-7(13-6)10(16)14-8(11(17)18)5-9(12)15/h2-4,8H,5H2,1H3,(H2,12,15)(H,14,16)(H,17,18)/t8-/m0/s1. The molecule has 0 saturated carbocycles. The summed E-state index contributed by atoms with van der Waals surface area (Å²) in [6.07, 6.45) is -0.465. The normalized spacial score (nSPS) is 11.6. The fourth-order valence-electron chi connectivity index (χ4n) is 1.30. The Morgan fingerprint density at radius 3 is 2.61 bits per heavy atom. The Morgan fingerprint density at radius 2 is 2.11 bits per heavy atom. The number of nitrogens with one attached hydrogen (secondary N) is 1. The van der Waals surface area contributed by atoms with Crippen LogP contribution in [0.25, 0.3) is 0 Å². The number of carboxylic acids is 1. The third-order valence-corrected chi connectivity index (χ3v) is 2.13. The highest BCUT2D eigenvalue weighted by molar-refractivity contribution is 5.96. The van der Waals surface area contributed by atoms with Crippen LogP contribution in [0.1, 0.15) is 22.6 Å². The van der Waals surface area contributed by atoms with Crippen LogP contribution in [0.2, 0.25) is 0 Å². The first-order valence-corrected chi connectivity index (χ1v) is 5.16. The molecule has 0 fully saturated rings. The molecule has 2 amide bonds. The lowest BCUT2D eigenvalue weighted by Gasteiger charge is -2.12. The largest absolute Gasteiger partial charge is 0.480 e. The molecule has 0 aliphatic heterocycles. The van der Waals surface area contributed by atoms with Crippen LogP contribution in [0.3, 0.4) is 0 Å². The van der Waals surface area contributed by atoms with Crippen molar-refractivity contribution in [1.29, 1.82) is 0 Å². The summed E-state index contributed by atoms with van der Waals surface area (Å²) in [4.78, 5) is 37.2. The van der Waals surface area contributed by atoms with Crippen molar-refractivity contribution in [1.82, 2.24) is 10.3 Å². The van der Waals surface area contributed by atoms with E-state index in [1.807, 2.05) is 0 Å². The topological polar surface area (TPSA) is 122 Å².